The van der Waals surface area contributed by atoms with Gasteiger partial charge in [0.05, 0.1) is 17.8 Å². The summed E-state index contributed by atoms with van der Waals surface area (Å²) < 4.78 is 0. The second-order valence-electron chi connectivity index (χ2n) is 5.11. The van der Waals surface area contributed by atoms with E-state index in [1.165, 1.54) is 18.3 Å². The Morgan fingerprint density at radius 2 is 2.16 bits per heavy atom. The highest BCUT2D eigenvalue weighted by Gasteiger charge is 2.13. The van der Waals surface area contributed by atoms with Gasteiger partial charge in [-0.15, -0.1) is 0 Å². The van der Waals surface area contributed by atoms with Crippen LogP contribution in [0.25, 0.3) is 0 Å². The number of pyridine rings is 1. The van der Waals surface area contributed by atoms with Crippen molar-refractivity contribution in [3.05, 3.63) is 29.6 Å². The van der Waals surface area contributed by atoms with Gasteiger partial charge in [-0.2, -0.15) is 0 Å². The molecule has 4 N–H and O–H groups in total. The first-order chi connectivity index (χ1) is 8.78. The molecule has 0 aliphatic rings. The molecule has 1 aromatic heterocycles. The minimum atomic E-state index is -1.01. The van der Waals surface area contributed by atoms with Crippen LogP contribution in [0.2, 0.25) is 0 Å². The van der Waals surface area contributed by atoms with Crippen LogP contribution in [-0.4, -0.2) is 27.5 Å². The third-order valence-electron chi connectivity index (χ3n) is 2.53. The van der Waals surface area contributed by atoms with Crippen LogP contribution in [0.5, 0.6) is 0 Å². The minimum Gasteiger partial charge on any atom is -0.478 e. The van der Waals surface area contributed by atoms with Gasteiger partial charge in [0.15, 0.2) is 0 Å². The van der Waals surface area contributed by atoms with E-state index in [1.807, 2.05) is 13.8 Å². The van der Waals surface area contributed by atoms with E-state index in [0.717, 1.165) is 0 Å². The largest absolute Gasteiger partial charge is 0.478 e. The van der Waals surface area contributed by atoms with Gasteiger partial charge >= 0.3 is 5.97 Å². The van der Waals surface area contributed by atoms with Crippen LogP contribution in [0.3, 0.4) is 0 Å². The zero-order valence-electron chi connectivity index (χ0n) is 11.1. The van der Waals surface area contributed by atoms with Gasteiger partial charge in [0, 0.05) is 18.2 Å². The topological polar surface area (TPSA) is 105 Å². The minimum absolute atomic E-state index is 0.124. The van der Waals surface area contributed by atoms with Crippen LogP contribution in [0.15, 0.2) is 18.3 Å². The molecule has 0 fully saturated rings. The summed E-state index contributed by atoms with van der Waals surface area (Å²) in [6, 6.07) is 2.85. The second-order valence-corrected chi connectivity index (χ2v) is 5.11. The first-order valence-corrected chi connectivity index (χ1v) is 6.02. The Labute approximate surface area is 112 Å². The summed E-state index contributed by atoms with van der Waals surface area (Å²) in [5.41, 5.74) is 6.08. The molecule has 0 spiro atoms. The zero-order valence-corrected chi connectivity index (χ0v) is 11.1. The highest BCUT2D eigenvalue weighted by atomic mass is 16.4. The molecule has 0 saturated carbocycles. The van der Waals surface area contributed by atoms with Crippen LogP contribution in [-0.2, 0) is 11.3 Å². The summed E-state index contributed by atoms with van der Waals surface area (Å²) in [7, 11) is 0. The molecule has 0 unspecified atom stereocenters. The number of rotatable bonds is 6. The lowest BCUT2D eigenvalue weighted by molar-refractivity contribution is -0.121. The molecule has 0 atom stereocenters. The molecule has 1 rings (SSSR count). The maximum Gasteiger partial charge on any atom is 0.335 e. The van der Waals surface area contributed by atoms with Crippen molar-refractivity contribution >= 4 is 11.9 Å². The van der Waals surface area contributed by atoms with Gasteiger partial charge in [-0.25, -0.2) is 4.79 Å². The fraction of sp³-hybridized carbons (Fsp3) is 0.462. The fourth-order valence-corrected chi connectivity index (χ4v) is 1.42. The van der Waals surface area contributed by atoms with Crippen LogP contribution < -0.4 is 11.1 Å². The Morgan fingerprint density at radius 3 is 2.74 bits per heavy atom. The number of carboxylic acids is 1. The lowest BCUT2D eigenvalue weighted by Gasteiger charge is -2.17. The van der Waals surface area contributed by atoms with E-state index in [9.17, 15) is 9.59 Å². The fourth-order valence-electron chi connectivity index (χ4n) is 1.42. The summed E-state index contributed by atoms with van der Waals surface area (Å²) in [5, 5.41) is 11.5. The predicted molar refractivity (Wildman–Crippen MR) is 70.5 cm³/mol. The number of nitrogens with two attached hydrogens (primary N) is 1. The van der Waals surface area contributed by atoms with Crippen molar-refractivity contribution in [3.8, 4) is 0 Å². The molecule has 104 valence electrons. The molecule has 0 saturated heterocycles. The highest BCUT2D eigenvalue weighted by molar-refractivity contribution is 5.87. The number of hydrogen-bond donors (Lipinski definition) is 3. The van der Waals surface area contributed by atoms with Crippen LogP contribution in [0, 0.1) is 0 Å². The number of carboxylic acid groups (broad SMARTS) is 1. The zero-order chi connectivity index (χ0) is 14.5. The van der Waals surface area contributed by atoms with Gasteiger partial charge in [0.2, 0.25) is 5.91 Å². The lowest BCUT2D eigenvalue weighted by atomic mass is 10.00. The van der Waals surface area contributed by atoms with E-state index in [0.29, 0.717) is 18.5 Å². The molecule has 1 heterocycles. The van der Waals surface area contributed by atoms with Crippen molar-refractivity contribution in [3.63, 3.8) is 0 Å². The molecule has 0 radical (unpaired) electrons. The molecule has 0 aliphatic carbocycles. The molecule has 0 aromatic carbocycles. The van der Waals surface area contributed by atoms with E-state index in [2.05, 4.69) is 10.3 Å². The molecule has 1 aromatic rings. The van der Waals surface area contributed by atoms with Crippen molar-refractivity contribution in [2.45, 2.75) is 38.8 Å². The standard InChI is InChI=1S/C13H19N3O3/c1-13(2,14)5-3-11(17)16-8-10-7-9(12(18)19)4-6-15-10/h4,6-7H,3,5,8,14H2,1-2H3,(H,16,17)(H,18,19). The maximum absolute atomic E-state index is 11.6. The van der Waals surface area contributed by atoms with Gasteiger partial charge in [-0.05, 0) is 32.4 Å². The van der Waals surface area contributed by atoms with Crippen LogP contribution >= 0.6 is 0 Å². The predicted octanol–water partition coefficient (Wildman–Crippen LogP) is 0.913. The van der Waals surface area contributed by atoms with E-state index in [1.54, 1.807) is 0 Å². The average molecular weight is 265 g/mol. The van der Waals surface area contributed by atoms with Crippen LogP contribution in [0.1, 0.15) is 42.7 Å². The summed E-state index contributed by atoms with van der Waals surface area (Å²) in [5.74, 6) is -1.14. The molecule has 0 bridgehead atoms. The van der Waals surface area contributed by atoms with Crippen molar-refractivity contribution in [2.24, 2.45) is 5.73 Å². The van der Waals surface area contributed by atoms with Crippen molar-refractivity contribution in [2.75, 3.05) is 0 Å². The summed E-state index contributed by atoms with van der Waals surface area (Å²) in [4.78, 5) is 26.3. The number of aromatic nitrogens is 1. The van der Waals surface area contributed by atoms with Crippen molar-refractivity contribution < 1.29 is 14.7 Å². The molecular formula is C13H19N3O3. The Hall–Kier alpha value is -1.95. The normalized spacial score (nSPS) is 11.1. The molecule has 6 heteroatoms. The third kappa shape index (κ3) is 5.96. The second kappa shape index (κ2) is 6.29. The van der Waals surface area contributed by atoms with Gasteiger partial charge in [-0.1, -0.05) is 0 Å². The first-order valence-electron chi connectivity index (χ1n) is 6.02. The first kappa shape index (κ1) is 15.1. The average Bonchev–Trinajstić information content (AvgIpc) is 2.33. The number of carbonyl (C=O) groups is 2. The number of nitrogens with one attached hydrogen (secondary N) is 1. The van der Waals surface area contributed by atoms with Crippen molar-refractivity contribution in [1.82, 2.24) is 10.3 Å². The van der Waals surface area contributed by atoms with Gasteiger partial charge in [0.1, 0.15) is 0 Å². The van der Waals surface area contributed by atoms with Gasteiger partial charge in [-0.3, -0.25) is 9.78 Å². The monoisotopic (exact) mass is 265 g/mol. The van der Waals surface area contributed by atoms with Gasteiger partial charge in [0.25, 0.3) is 0 Å². The quantitative estimate of drug-likeness (QED) is 0.709. The van der Waals surface area contributed by atoms with Gasteiger partial charge < -0.3 is 16.2 Å². The lowest BCUT2D eigenvalue weighted by Crippen LogP contribution is -2.34. The molecule has 1 amide bonds. The van der Waals surface area contributed by atoms with E-state index in [4.69, 9.17) is 10.8 Å². The van der Waals surface area contributed by atoms with E-state index < -0.39 is 5.97 Å². The number of hydrogen-bond acceptors (Lipinski definition) is 4. The highest BCUT2D eigenvalue weighted by Crippen LogP contribution is 2.07. The van der Waals surface area contributed by atoms with Crippen molar-refractivity contribution in [1.29, 1.82) is 0 Å². The van der Waals surface area contributed by atoms with Crippen LogP contribution in [0.4, 0.5) is 0 Å². The summed E-state index contributed by atoms with van der Waals surface area (Å²) in [6.45, 7) is 3.93. The summed E-state index contributed by atoms with van der Waals surface area (Å²) >= 11 is 0. The molecule has 6 nitrogen and oxygen atoms in total. The molecular weight excluding hydrogens is 246 g/mol. The Kier molecular flexibility index (Phi) is 5.00. The SMILES string of the molecule is CC(C)(N)CCC(=O)NCc1cc(C(=O)O)ccn1. The smallest absolute Gasteiger partial charge is 0.335 e. The third-order valence-corrected chi connectivity index (χ3v) is 2.53. The molecule has 0 aliphatic heterocycles. The number of amides is 1. The number of nitrogens with zero attached hydrogens (tertiary/aromatic N) is 1. The van der Waals surface area contributed by atoms with E-state index in [-0.39, 0.29) is 23.6 Å². The molecule has 19 heavy (non-hydrogen) atoms. The maximum atomic E-state index is 11.6. The Balaban J connectivity index is 2.46. The van der Waals surface area contributed by atoms with E-state index >= 15 is 0 Å². The number of aromatic carboxylic acids is 1. The Bertz CT molecular complexity index is 466. The number of carbonyl (C=O) groups excluding carboxylic acids is 1. The Morgan fingerprint density at radius 1 is 1.47 bits per heavy atom. The summed E-state index contributed by atoms with van der Waals surface area (Å²) in [6.07, 6.45) is 2.33.